The summed E-state index contributed by atoms with van der Waals surface area (Å²) >= 11 is 0. The van der Waals surface area contributed by atoms with Crippen LogP contribution in [0.25, 0.3) is 0 Å². The lowest BCUT2D eigenvalue weighted by Gasteiger charge is -2.19. The van der Waals surface area contributed by atoms with Crippen LogP contribution in [0, 0.1) is 0 Å². The summed E-state index contributed by atoms with van der Waals surface area (Å²) in [6.45, 7) is 7.94. The van der Waals surface area contributed by atoms with Gasteiger partial charge in [0, 0.05) is 6.04 Å². The maximum absolute atomic E-state index is 12.8. The molecule has 0 saturated carbocycles. The van der Waals surface area contributed by atoms with Gasteiger partial charge in [-0.15, -0.1) is 0 Å². The fourth-order valence-electron chi connectivity index (χ4n) is 2.70. The Balaban J connectivity index is 2.10. The summed E-state index contributed by atoms with van der Waals surface area (Å²) in [6.07, 6.45) is 1.66. The van der Waals surface area contributed by atoms with Crippen LogP contribution in [0.3, 0.4) is 0 Å². The van der Waals surface area contributed by atoms with Crippen molar-refractivity contribution in [2.75, 3.05) is 5.32 Å². The van der Waals surface area contributed by atoms with Crippen LogP contribution >= 0.6 is 0 Å². The van der Waals surface area contributed by atoms with Crippen LogP contribution in [-0.2, 0) is 11.2 Å². The van der Waals surface area contributed by atoms with Crippen molar-refractivity contribution < 1.29 is 14.3 Å². The molecule has 0 aromatic heterocycles. The van der Waals surface area contributed by atoms with Gasteiger partial charge in [0.1, 0.15) is 5.75 Å². The van der Waals surface area contributed by atoms with E-state index in [2.05, 4.69) is 17.6 Å². The Kier molecular flexibility index (Phi) is 8.05. The highest BCUT2D eigenvalue weighted by Crippen LogP contribution is 2.19. The molecule has 0 spiro atoms. The van der Waals surface area contributed by atoms with E-state index in [1.807, 2.05) is 45.0 Å². The van der Waals surface area contributed by atoms with Crippen LogP contribution < -0.4 is 15.4 Å². The number of hydrogen-bond acceptors (Lipinski definition) is 3. The van der Waals surface area contributed by atoms with E-state index in [0.717, 1.165) is 12.8 Å². The van der Waals surface area contributed by atoms with E-state index in [1.54, 1.807) is 24.3 Å². The number of carbonyl (C=O) groups is 2. The molecule has 2 atom stereocenters. The molecule has 5 heteroatoms. The molecular weight excluding hydrogens is 352 g/mol. The van der Waals surface area contributed by atoms with Crippen LogP contribution in [0.4, 0.5) is 5.69 Å². The standard InChI is InChI=1S/C23H30N2O3/c1-5-16(4)24-22(26)19-10-8-9-11-20(19)25-23(27)21(7-3)28-18-14-12-17(6-2)13-15-18/h8-16,21H,5-7H2,1-4H3,(H,24,26)(H,25,27)/t16-,21+/m1/s1. The van der Waals surface area contributed by atoms with Crippen molar-refractivity contribution in [1.29, 1.82) is 0 Å². The van der Waals surface area contributed by atoms with Gasteiger partial charge in [0.15, 0.2) is 6.10 Å². The molecule has 0 heterocycles. The van der Waals surface area contributed by atoms with Crippen molar-refractivity contribution >= 4 is 17.5 Å². The van der Waals surface area contributed by atoms with Crippen molar-refractivity contribution in [3.05, 3.63) is 59.7 Å². The molecule has 0 fully saturated rings. The minimum Gasteiger partial charge on any atom is -0.481 e. The summed E-state index contributed by atoms with van der Waals surface area (Å²) < 4.78 is 5.87. The molecule has 2 aromatic rings. The van der Waals surface area contributed by atoms with E-state index < -0.39 is 6.10 Å². The van der Waals surface area contributed by atoms with Gasteiger partial charge < -0.3 is 15.4 Å². The SMILES string of the molecule is CCc1ccc(O[C@@H](CC)C(=O)Nc2ccccc2C(=O)N[C@H](C)CC)cc1. The quantitative estimate of drug-likeness (QED) is 0.667. The van der Waals surface area contributed by atoms with E-state index >= 15 is 0 Å². The molecule has 0 aliphatic heterocycles. The van der Waals surface area contributed by atoms with Gasteiger partial charge in [0.25, 0.3) is 11.8 Å². The Morgan fingerprint density at radius 3 is 2.25 bits per heavy atom. The molecule has 2 aromatic carbocycles. The molecule has 2 rings (SSSR count). The molecular formula is C23H30N2O3. The largest absolute Gasteiger partial charge is 0.481 e. The molecule has 28 heavy (non-hydrogen) atoms. The molecule has 2 N–H and O–H groups in total. The van der Waals surface area contributed by atoms with Crippen molar-refractivity contribution in [1.82, 2.24) is 5.32 Å². The number of hydrogen-bond donors (Lipinski definition) is 2. The average Bonchev–Trinajstić information content (AvgIpc) is 2.72. The third-order valence-corrected chi connectivity index (χ3v) is 4.69. The third kappa shape index (κ3) is 5.84. The molecule has 0 radical (unpaired) electrons. The molecule has 0 unspecified atom stereocenters. The lowest BCUT2D eigenvalue weighted by atomic mass is 10.1. The second-order valence-corrected chi connectivity index (χ2v) is 6.83. The third-order valence-electron chi connectivity index (χ3n) is 4.69. The minimum absolute atomic E-state index is 0.0640. The summed E-state index contributed by atoms with van der Waals surface area (Å²) in [7, 11) is 0. The van der Waals surface area contributed by atoms with E-state index in [9.17, 15) is 9.59 Å². The molecule has 150 valence electrons. The number of carbonyl (C=O) groups excluding carboxylic acids is 2. The molecule has 0 aliphatic carbocycles. The van der Waals surface area contributed by atoms with Gasteiger partial charge in [0.05, 0.1) is 11.3 Å². The zero-order valence-corrected chi connectivity index (χ0v) is 17.1. The van der Waals surface area contributed by atoms with Gasteiger partial charge >= 0.3 is 0 Å². The number of nitrogens with one attached hydrogen (secondary N) is 2. The summed E-state index contributed by atoms with van der Waals surface area (Å²) in [6, 6.07) is 14.8. The van der Waals surface area contributed by atoms with Gasteiger partial charge in [0.2, 0.25) is 0 Å². The lowest BCUT2D eigenvalue weighted by Crippen LogP contribution is -2.35. The number of anilines is 1. The number of aryl methyl sites for hydroxylation is 1. The first-order chi connectivity index (χ1) is 13.5. The molecule has 0 saturated heterocycles. The highest BCUT2D eigenvalue weighted by atomic mass is 16.5. The first-order valence-electron chi connectivity index (χ1n) is 9.94. The fraction of sp³-hybridized carbons (Fsp3) is 0.391. The van der Waals surface area contributed by atoms with E-state index in [4.69, 9.17) is 4.74 Å². The molecule has 2 amide bonds. The Labute approximate surface area is 167 Å². The first kappa shape index (κ1) is 21.5. The van der Waals surface area contributed by atoms with E-state index in [0.29, 0.717) is 23.4 Å². The lowest BCUT2D eigenvalue weighted by molar-refractivity contribution is -0.122. The van der Waals surface area contributed by atoms with Crippen LogP contribution in [0.15, 0.2) is 48.5 Å². The molecule has 0 bridgehead atoms. The van der Waals surface area contributed by atoms with E-state index in [-0.39, 0.29) is 17.9 Å². The van der Waals surface area contributed by atoms with Gasteiger partial charge in [-0.1, -0.05) is 45.0 Å². The van der Waals surface area contributed by atoms with Crippen molar-refractivity contribution in [2.45, 2.75) is 59.1 Å². The number of rotatable bonds is 9. The average molecular weight is 383 g/mol. The maximum atomic E-state index is 12.8. The number of amides is 2. The monoisotopic (exact) mass is 382 g/mol. The van der Waals surface area contributed by atoms with Gasteiger partial charge in [-0.05, 0) is 56.0 Å². The van der Waals surface area contributed by atoms with Crippen molar-refractivity contribution in [2.24, 2.45) is 0 Å². The second-order valence-electron chi connectivity index (χ2n) is 6.83. The summed E-state index contributed by atoms with van der Waals surface area (Å²) in [5, 5.41) is 5.78. The van der Waals surface area contributed by atoms with Crippen molar-refractivity contribution in [3.63, 3.8) is 0 Å². The second kappa shape index (κ2) is 10.5. The zero-order chi connectivity index (χ0) is 20.5. The zero-order valence-electron chi connectivity index (χ0n) is 17.1. The van der Waals surface area contributed by atoms with Gasteiger partial charge in [-0.3, -0.25) is 9.59 Å². The Morgan fingerprint density at radius 2 is 1.64 bits per heavy atom. The van der Waals surface area contributed by atoms with Crippen LogP contribution in [0.5, 0.6) is 5.75 Å². The highest BCUT2D eigenvalue weighted by Gasteiger charge is 2.21. The predicted molar refractivity (Wildman–Crippen MR) is 113 cm³/mol. The van der Waals surface area contributed by atoms with Gasteiger partial charge in [-0.25, -0.2) is 0 Å². The predicted octanol–water partition coefficient (Wildman–Crippen LogP) is 4.57. The molecule has 5 nitrogen and oxygen atoms in total. The highest BCUT2D eigenvalue weighted by molar-refractivity contribution is 6.04. The van der Waals surface area contributed by atoms with Crippen LogP contribution in [-0.4, -0.2) is 24.0 Å². The smallest absolute Gasteiger partial charge is 0.265 e. The topological polar surface area (TPSA) is 67.4 Å². The normalized spacial score (nSPS) is 12.7. The summed E-state index contributed by atoms with van der Waals surface area (Å²) in [4.78, 5) is 25.3. The fourth-order valence-corrected chi connectivity index (χ4v) is 2.70. The minimum atomic E-state index is -0.641. The Bertz CT molecular complexity index is 787. The van der Waals surface area contributed by atoms with E-state index in [1.165, 1.54) is 5.56 Å². The maximum Gasteiger partial charge on any atom is 0.265 e. The summed E-state index contributed by atoms with van der Waals surface area (Å²) in [5.74, 6) is 0.183. The summed E-state index contributed by atoms with van der Waals surface area (Å²) in [5.41, 5.74) is 2.14. The Morgan fingerprint density at radius 1 is 0.964 bits per heavy atom. The number of para-hydroxylation sites is 1. The first-order valence-corrected chi connectivity index (χ1v) is 9.94. The molecule has 0 aliphatic rings. The van der Waals surface area contributed by atoms with Crippen molar-refractivity contribution in [3.8, 4) is 5.75 Å². The number of ether oxygens (including phenoxy) is 1. The van der Waals surface area contributed by atoms with Gasteiger partial charge in [-0.2, -0.15) is 0 Å². The van der Waals surface area contributed by atoms with Crippen LogP contribution in [0.1, 0.15) is 56.5 Å². The Hall–Kier alpha value is -2.82. The number of benzene rings is 2. The van der Waals surface area contributed by atoms with Crippen LogP contribution in [0.2, 0.25) is 0 Å².